The van der Waals surface area contributed by atoms with Crippen LogP contribution in [0.2, 0.25) is 0 Å². The molecule has 4 rings (SSSR count). The average Bonchev–Trinajstić information content (AvgIpc) is 2.77. The summed E-state index contributed by atoms with van der Waals surface area (Å²) in [5.41, 5.74) is 1.10. The van der Waals surface area contributed by atoms with Crippen LogP contribution in [0.4, 0.5) is 0 Å². The van der Waals surface area contributed by atoms with E-state index < -0.39 is 11.6 Å². The topological polar surface area (TPSA) is 86.6 Å². The van der Waals surface area contributed by atoms with Gasteiger partial charge in [-0.25, -0.2) is 0 Å². The second-order valence-electron chi connectivity index (χ2n) is 8.19. The van der Waals surface area contributed by atoms with Gasteiger partial charge in [-0.2, -0.15) is 0 Å². The van der Waals surface area contributed by atoms with Crippen LogP contribution in [0.1, 0.15) is 44.1 Å². The molecule has 0 aliphatic carbocycles. The minimum Gasteiger partial charge on any atom is -0.394 e. The van der Waals surface area contributed by atoms with Gasteiger partial charge in [0, 0.05) is 12.8 Å². The first-order valence-electron chi connectivity index (χ1n) is 10.7. The van der Waals surface area contributed by atoms with Gasteiger partial charge in [-0.1, -0.05) is 30.3 Å². The summed E-state index contributed by atoms with van der Waals surface area (Å²) in [5.74, 6) is -2.14. The van der Waals surface area contributed by atoms with Crippen molar-refractivity contribution in [2.75, 3.05) is 26.4 Å². The first-order valence-corrected chi connectivity index (χ1v) is 10.7. The van der Waals surface area contributed by atoms with E-state index in [0.29, 0.717) is 32.7 Å². The third-order valence-corrected chi connectivity index (χ3v) is 6.04. The Morgan fingerprint density at radius 3 is 2.17 bits per heavy atom. The fraction of sp³-hybridized carbons (Fsp3) is 0.727. The van der Waals surface area contributed by atoms with Gasteiger partial charge in [-0.05, 0) is 31.2 Å². The van der Waals surface area contributed by atoms with Gasteiger partial charge in [0.15, 0.2) is 0 Å². The Morgan fingerprint density at radius 1 is 0.862 bits per heavy atom. The van der Waals surface area contributed by atoms with E-state index in [1.54, 1.807) is 0 Å². The highest BCUT2D eigenvalue weighted by Gasteiger charge is 2.63. The standard InChI is InChI=1S/C22H32O7/c23-12-18-8-4-10-21(27-18)22(11-5-9-19(13-24)28-22)29-20(16-26-21)15-25-14-17-6-2-1-3-7-17/h1-3,6-7,18-20,23-24H,4-5,8-16H2/t18-,19-,20+,21+,22-/m1/s1. The number of fused-ring (bicyclic) bond motifs is 1. The molecule has 3 saturated heterocycles. The molecule has 5 atom stereocenters. The van der Waals surface area contributed by atoms with E-state index in [1.165, 1.54) is 0 Å². The monoisotopic (exact) mass is 408 g/mol. The van der Waals surface area contributed by atoms with Crippen LogP contribution in [-0.2, 0) is 30.3 Å². The molecule has 3 fully saturated rings. The summed E-state index contributed by atoms with van der Waals surface area (Å²) in [5, 5.41) is 19.3. The largest absolute Gasteiger partial charge is 0.394 e. The second-order valence-corrected chi connectivity index (χ2v) is 8.19. The fourth-order valence-electron chi connectivity index (χ4n) is 4.60. The number of ether oxygens (including phenoxy) is 5. The van der Waals surface area contributed by atoms with Crippen LogP contribution >= 0.6 is 0 Å². The molecule has 2 spiro atoms. The molecule has 3 aliphatic rings. The molecule has 0 aromatic heterocycles. The number of benzene rings is 1. The molecule has 29 heavy (non-hydrogen) atoms. The quantitative estimate of drug-likeness (QED) is 0.746. The Morgan fingerprint density at radius 2 is 1.48 bits per heavy atom. The molecule has 3 aliphatic heterocycles. The maximum absolute atomic E-state index is 9.70. The van der Waals surface area contributed by atoms with E-state index in [9.17, 15) is 10.2 Å². The summed E-state index contributed by atoms with van der Waals surface area (Å²) in [4.78, 5) is 0. The van der Waals surface area contributed by atoms with Crippen LogP contribution in [0.5, 0.6) is 0 Å². The molecule has 1 aromatic rings. The Labute approximate surface area is 171 Å². The lowest BCUT2D eigenvalue weighted by Gasteiger charge is -2.57. The molecule has 0 bridgehead atoms. The number of aliphatic hydroxyl groups is 2. The Kier molecular flexibility index (Phi) is 6.86. The molecule has 0 unspecified atom stereocenters. The zero-order valence-electron chi connectivity index (χ0n) is 16.8. The minimum absolute atomic E-state index is 0.0613. The summed E-state index contributed by atoms with van der Waals surface area (Å²) in [7, 11) is 0. The van der Waals surface area contributed by atoms with Gasteiger partial charge in [0.2, 0.25) is 11.6 Å². The van der Waals surface area contributed by atoms with E-state index in [0.717, 1.165) is 31.2 Å². The maximum atomic E-state index is 9.70. The summed E-state index contributed by atoms with van der Waals surface area (Å²) >= 11 is 0. The van der Waals surface area contributed by atoms with Crippen molar-refractivity contribution in [1.29, 1.82) is 0 Å². The first kappa shape index (κ1) is 21.2. The molecule has 2 N–H and O–H groups in total. The summed E-state index contributed by atoms with van der Waals surface area (Å²) in [6.45, 7) is 1.08. The molecule has 7 nitrogen and oxygen atoms in total. The van der Waals surface area contributed by atoms with Crippen LogP contribution in [-0.4, -0.2) is 66.5 Å². The van der Waals surface area contributed by atoms with Crippen LogP contribution in [0, 0.1) is 0 Å². The highest BCUT2D eigenvalue weighted by molar-refractivity contribution is 5.13. The molecule has 7 heteroatoms. The minimum atomic E-state index is -1.09. The number of hydrogen-bond donors (Lipinski definition) is 2. The van der Waals surface area contributed by atoms with Crippen molar-refractivity contribution in [3.05, 3.63) is 35.9 Å². The summed E-state index contributed by atoms with van der Waals surface area (Å²) in [6.07, 6.45) is 3.62. The van der Waals surface area contributed by atoms with Crippen molar-refractivity contribution < 1.29 is 33.9 Å². The summed E-state index contributed by atoms with van der Waals surface area (Å²) in [6, 6.07) is 10.00. The molecule has 0 amide bonds. The highest BCUT2D eigenvalue weighted by atomic mass is 16.8. The average molecular weight is 408 g/mol. The Bertz CT molecular complexity index is 641. The third kappa shape index (κ3) is 4.51. The van der Waals surface area contributed by atoms with E-state index in [-0.39, 0.29) is 31.5 Å². The molecule has 162 valence electrons. The number of aliphatic hydroxyl groups excluding tert-OH is 2. The van der Waals surface area contributed by atoms with Crippen LogP contribution in [0.3, 0.4) is 0 Å². The normalized spacial score (nSPS) is 37.8. The maximum Gasteiger partial charge on any atom is 0.224 e. The SMILES string of the molecule is OC[C@H]1CCC[C@@]2(O1)O[C@@H](COCc1ccccc1)CO[C@]21CCC[C@H](CO)O1. The highest BCUT2D eigenvalue weighted by Crippen LogP contribution is 2.49. The summed E-state index contributed by atoms with van der Waals surface area (Å²) < 4.78 is 31.2. The van der Waals surface area contributed by atoms with Crippen molar-refractivity contribution >= 4 is 0 Å². The van der Waals surface area contributed by atoms with Gasteiger partial charge < -0.3 is 33.9 Å². The predicted molar refractivity (Wildman–Crippen MR) is 104 cm³/mol. The van der Waals surface area contributed by atoms with Gasteiger partial charge in [0.25, 0.3) is 0 Å². The van der Waals surface area contributed by atoms with Crippen molar-refractivity contribution in [3.8, 4) is 0 Å². The van der Waals surface area contributed by atoms with Crippen LogP contribution in [0.15, 0.2) is 30.3 Å². The molecule has 1 aromatic carbocycles. The van der Waals surface area contributed by atoms with E-state index in [4.69, 9.17) is 23.7 Å². The van der Waals surface area contributed by atoms with Gasteiger partial charge in [0.05, 0.1) is 45.2 Å². The van der Waals surface area contributed by atoms with Crippen molar-refractivity contribution in [1.82, 2.24) is 0 Å². The lowest BCUT2D eigenvalue weighted by atomic mass is 9.87. The number of hydrogen-bond acceptors (Lipinski definition) is 7. The smallest absolute Gasteiger partial charge is 0.224 e. The van der Waals surface area contributed by atoms with Crippen LogP contribution in [0.25, 0.3) is 0 Å². The van der Waals surface area contributed by atoms with Crippen molar-refractivity contribution in [2.24, 2.45) is 0 Å². The lowest BCUT2D eigenvalue weighted by Crippen LogP contribution is -2.70. The third-order valence-electron chi connectivity index (χ3n) is 6.04. The van der Waals surface area contributed by atoms with E-state index in [1.807, 2.05) is 30.3 Å². The first-order chi connectivity index (χ1) is 14.2. The van der Waals surface area contributed by atoms with Gasteiger partial charge in [-0.3, -0.25) is 0 Å². The zero-order chi connectivity index (χ0) is 20.2. The zero-order valence-corrected chi connectivity index (χ0v) is 16.8. The van der Waals surface area contributed by atoms with Crippen LogP contribution < -0.4 is 0 Å². The molecular formula is C22H32O7. The van der Waals surface area contributed by atoms with Gasteiger partial charge >= 0.3 is 0 Å². The second kappa shape index (κ2) is 9.39. The van der Waals surface area contributed by atoms with Gasteiger partial charge in [0.1, 0.15) is 6.10 Å². The van der Waals surface area contributed by atoms with E-state index in [2.05, 4.69) is 0 Å². The number of rotatable bonds is 6. The Hall–Kier alpha value is -1.06. The predicted octanol–water partition coefficient (Wildman–Crippen LogP) is 2.13. The van der Waals surface area contributed by atoms with Crippen molar-refractivity contribution in [3.63, 3.8) is 0 Å². The molecular weight excluding hydrogens is 376 g/mol. The molecule has 0 saturated carbocycles. The van der Waals surface area contributed by atoms with Gasteiger partial charge in [-0.15, -0.1) is 0 Å². The lowest BCUT2D eigenvalue weighted by molar-refractivity contribution is -0.484. The van der Waals surface area contributed by atoms with E-state index >= 15 is 0 Å². The Balaban J connectivity index is 1.46. The molecule has 3 heterocycles. The molecule has 0 radical (unpaired) electrons. The fourth-order valence-corrected chi connectivity index (χ4v) is 4.60. The van der Waals surface area contributed by atoms with Crippen molar-refractivity contribution in [2.45, 2.75) is 75.0 Å².